The van der Waals surface area contributed by atoms with E-state index in [0.29, 0.717) is 0 Å². The molecule has 0 saturated carbocycles. The fourth-order valence-electron chi connectivity index (χ4n) is 0.562. The molecular formula is C10H17N. The Balaban J connectivity index is 4.58. The normalized spacial score (nSPS) is 14.4. The molecule has 0 aromatic rings. The minimum absolute atomic E-state index is 0.866. The van der Waals surface area contributed by atoms with Crippen molar-refractivity contribution in [2.75, 3.05) is 0 Å². The number of hydrogen-bond acceptors (Lipinski definition) is 1. The third-order valence-corrected chi connectivity index (χ3v) is 1.73. The van der Waals surface area contributed by atoms with Crippen molar-refractivity contribution < 1.29 is 0 Å². The Morgan fingerprint density at radius 2 is 1.64 bits per heavy atom. The molecule has 0 aromatic heterocycles. The zero-order valence-corrected chi connectivity index (χ0v) is 7.86. The van der Waals surface area contributed by atoms with Crippen molar-refractivity contribution in [1.29, 1.82) is 0 Å². The first kappa shape index (κ1) is 10.0. The van der Waals surface area contributed by atoms with Crippen LogP contribution in [-0.2, 0) is 0 Å². The van der Waals surface area contributed by atoms with E-state index >= 15 is 0 Å². The van der Waals surface area contributed by atoms with Crippen LogP contribution in [0.5, 0.6) is 0 Å². The van der Waals surface area contributed by atoms with Gasteiger partial charge in [0, 0.05) is 5.70 Å². The maximum atomic E-state index is 5.59. The lowest BCUT2D eigenvalue weighted by Crippen LogP contribution is -1.94. The number of nitrogens with two attached hydrogens (primary N) is 1. The summed E-state index contributed by atoms with van der Waals surface area (Å²) in [6.45, 7) is 11.8. The van der Waals surface area contributed by atoms with Crippen molar-refractivity contribution >= 4 is 0 Å². The molecule has 0 bridgehead atoms. The minimum Gasteiger partial charge on any atom is -0.402 e. The summed E-state index contributed by atoms with van der Waals surface area (Å²) in [6.07, 6.45) is 2.05. The second-order valence-corrected chi connectivity index (χ2v) is 2.97. The molecular weight excluding hydrogens is 134 g/mol. The van der Waals surface area contributed by atoms with E-state index in [0.717, 1.165) is 16.8 Å². The highest BCUT2D eigenvalue weighted by atomic mass is 14.5. The molecule has 0 aliphatic carbocycles. The van der Waals surface area contributed by atoms with Crippen LogP contribution < -0.4 is 5.73 Å². The molecule has 2 N–H and O–H groups in total. The third-order valence-electron chi connectivity index (χ3n) is 1.73. The molecule has 0 radical (unpaired) electrons. The Labute approximate surface area is 69.3 Å². The molecule has 0 fully saturated rings. The second kappa shape index (κ2) is 4.02. The van der Waals surface area contributed by atoms with Gasteiger partial charge in [0.1, 0.15) is 0 Å². The van der Waals surface area contributed by atoms with Crippen LogP contribution in [0.2, 0.25) is 0 Å². The molecule has 0 aromatic carbocycles. The van der Waals surface area contributed by atoms with Crippen LogP contribution in [0.25, 0.3) is 0 Å². The van der Waals surface area contributed by atoms with Gasteiger partial charge in [-0.1, -0.05) is 18.2 Å². The quantitative estimate of drug-likeness (QED) is 0.603. The topological polar surface area (TPSA) is 26.0 Å². The summed E-state index contributed by atoms with van der Waals surface area (Å²) in [5.74, 6) is 0. The molecule has 0 atom stereocenters. The highest BCUT2D eigenvalue weighted by Crippen LogP contribution is 2.09. The van der Waals surface area contributed by atoms with Crippen LogP contribution in [0.1, 0.15) is 27.7 Å². The summed E-state index contributed by atoms with van der Waals surface area (Å²) >= 11 is 0. The summed E-state index contributed by atoms with van der Waals surface area (Å²) in [6, 6.07) is 0. The van der Waals surface area contributed by atoms with Crippen molar-refractivity contribution in [2.24, 2.45) is 5.73 Å². The maximum Gasteiger partial charge on any atom is 0.00786 e. The van der Waals surface area contributed by atoms with Crippen LogP contribution in [0.4, 0.5) is 0 Å². The first-order valence-corrected chi connectivity index (χ1v) is 3.72. The van der Waals surface area contributed by atoms with Gasteiger partial charge in [0.15, 0.2) is 0 Å². The summed E-state index contributed by atoms with van der Waals surface area (Å²) in [5.41, 5.74) is 9.85. The molecule has 0 spiro atoms. The van der Waals surface area contributed by atoms with Crippen molar-refractivity contribution in [1.82, 2.24) is 0 Å². The fraction of sp³-hybridized carbons (Fsp3) is 0.400. The zero-order chi connectivity index (χ0) is 9.02. The lowest BCUT2D eigenvalue weighted by atomic mass is 10.1. The number of hydrogen-bond donors (Lipinski definition) is 1. The van der Waals surface area contributed by atoms with Gasteiger partial charge in [-0.3, -0.25) is 0 Å². The summed E-state index contributed by atoms with van der Waals surface area (Å²) < 4.78 is 0. The molecule has 0 saturated heterocycles. The minimum atomic E-state index is 0.866. The van der Waals surface area contributed by atoms with Gasteiger partial charge in [0.05, 0.1) is 0 Å². The van der Waals surface area contributed by atoms with Crippen molar-refractivity contribution in [3.8, 4) is 0 Å². The van der Waals surface area contributed by atoms with Gasteiger partial charge in [-0.25, -0.2) is 0 Å². The molecule has 0 amide bonds. The standard InChI is InChI=1S/C10H17N/c1-7(2)8(3)6-9(4)10(5)11/h6H,1,11H2,2-5H3/b8-6-,10-9-. The van der Waals surface area contributed by atoms with Gasteiger partial charge < -0.3 is 5.73 Å². The van der Waals surface area contributed by atoms with Crippen molar-refractivity contribution in [3.05, 3.63) is 35.1 Å². The first-order valence-electron chi connectivity index (χ1n) is 3.72. The Hall–Kier alpha value is -0.980. The van der Waals surface area contributed by atoms with Gasteiger partial charge in [-0.2, -0.15) is 0 Å². The van der Waals surface area contributed by atoms with E-state index < -0.39 is 0 Å². The maximum absolute atomic E-state index is 5.59. The summed E-state index contributed by atoms with van der Waals surface area (Å²) in [4.78, 5) is 0. The van der Waals surface area contributed by atoms with Gasteiger partial charge >= 0.3 is 0 Å². The van der Waals surface area contributed by atoms with Gasteiger partial charge in [0.25, 0.3) is 0 Å². The monoisotopic (exact) mass is 151 g/mol. The molecule has 1 nitrogen and oxygen atoms in total. The first-order chi connectivity index (χ1) is 4.95. The highest BCUT2D eigenvalue weighted by Gasteiger charge is 1.91. The van der Waals surface area contributed by atoms with E-state index in [1.807, 2.05) is 27.7 Å². The Kier molecular flexibility index (Phi) is 3.66. The van der Waals surface area contributed by atoms with E-state index in [1.54, 1.807) is 0 Å². The van der Waals surface area contributed by atoms with Crippen molar-refractivity contribution in [3.63, 3.8) is 0 Å². The molecule has 0 aliphatic rings. The predicted octanol–water partition coefficient (Wildman–Crippen LogP) is 2.76. The van der Waals surface area contributed by atoms with Crippen LogP contribution in [-0.4, -0.2) is 0 Å². The Morgan fingerprint density at radius 1 is 1.18 bits per heavy atom. The molecule has 11 heavy (non-hydrogen) atoms. The van der Waals surface area contributed by atoms with E-state index in [2.05, 4.69) is 12.7 Å². The van der Waals surface area contributed by atoms with E-state index in [1.165, 1.54) is 5.57 Å². The Morgan fingerprint density at radius 3 is 1.91 bits per heavy atom. The SMILES string of the molecule is C=C(C)/C(C)=C\C(C)=C(\C)N. The van der Waals surface area contributed by atoms with Crippen LogP contribution in [0, 0.1) is 0 Å². The summed E-state index contributed by atoms with van der Waals surface area (Å²) in [5, 5.41) is 0. The van der Waals surface area contributed by atoms with Gasteiger partial charge in [-0.05, 0) is 38.8 Å². The molecule has 62 valence electrons. The number of rotatable bonds is 2. The molecule has 1 heteroatoms. The van der Waals surface area contributed by atoms with E-state index in [4.69, 9.17) is 5.73 Å². The average molecular weight is 151 g/mol. The second-order valence-electron chi connectivity index (χ2n) is 2.97. The molecule has 0 heterocycles. The summed E-state index contributed by atoms with van der Waals surface area (Å²) in [7, 11) is 0. The molecule has 0 aliphatic heterocycles. The van der Waals surface area contributed by atoms with Crippen LogP contribution in [0.15, 0.2) is 35.1 Å². The van der Waals surface area contributed by atoms with Gasteiger partial charge in [-0.15, -0.1) is 0 Å². The third kappa shape index (κ3) is 3.66. The fourth-order valence-corrected chi connectivity index (χ4v) is 0.562. The van der Waals surface area contributed by atoms with Crippen molar-refractivity contribution in [2.45, 2.75) is 27.7 Å². The lowest BCUT2D eigenvalue weighted by molar-refractivity contribution is 1.22. The largest absolute Gasteiger partial charge is 0.402 e. The zero-order valence-electron chi connectivity index (χ0n) is 7.86. The van der Waals surface area contributed by atoms with Crippen LogP contribution >= 0.6 is 0 Å². The molecule has 0 unspecified atom stereocenters. The predicted molar refractivity (Wildman–Crippen MR) is 51.1 cm³/mol. The lowest BCUT2D eigenvalue weighted by Gasteiger charge is -2.00. The highest BCUT2D eigenvalue weighted by molar-refractivity contribution is 5.33. The number of allylic oxidation sites excluding steroid dienone is 5. The van der Waals surface area contributed by atoms with E-state index in [-0.39, 0.29) is 0 Å². The smallest absolute Gasteiger partial charge is 0.00786 e. The van der Waals surface area contributed by atoms with E-state index in [9.17, 15) is 0 Å². The van der Waals surface area contributed by atoms with Crippen LogP contribution in [0.3, 0.4) is 0 Å². The Bertz CT molecular complexity index is 215. The average Bonchev–Trinajstić information content (AvgIpc) is 1.87. The molecule has 0 rings (SSSR count). The van der Waals surface area contributed by atoms with Gasteiger partial charge in [0.2, 0.25) is 0 Å².